The molecule has 0 saturated heterocycles. The highest BCUT2D eigenvalue weighted by Crippen LogP contribution is 2.26. The van der Waals surface area contributed by atoms with Crippen LogP contribution in [0.2, 0.25) is 0 Å². The molecule has 0 radical (unpaired) electrons. The highest BCUT2D eigenvalue weighted by atomic mass is 79.9. The Morgan fingerprint density at radius 2 is 2.15 bits per heavy atom. The Labute approximate surface area is 130 Å². The minimum absolute atomic E-state index is 0.389. The highest BCUT2D eigenvalue weighted by Gasteiger charge is 2.07. The maximum Gasteiger partial charge on any atom is 0.157 e. The van der Waals surface area contributed by atoms with E-state index in [-0.39, 0.29) is 0 Å². The standard InChI is InChI=1S/C13H15BrN4OS/c1-3-15-10-6-13(18-11(17-10)8-19-2)20-12-5-4-9(14)7-16-12/h4-7H,3,8H2,1-2H3,(H,15,17,18). The number of nitrogens with one attached hydrogen (secondary N) is 1. The molecule has 20 heavy (non-hydrogen) atoms. The van der Waals surface area contributed by atoms with Crippen LogP contribution in [0.4, 0.5) is 5.82 Å². The van der Waals surface area contributed by atoms with Gasteiger partial charge in [-0.15, -0.1) is 0 Å². The summed E-state index contributed by atoms with van der Waals surface area (Å²) in [7, 11) is 1.63. The largest absolute Gasteiger partial charge is 0.377 e. The third-order valence-electron chi connectivity index (χ3n) is 2.29. The molecule has 0 unspecified atom stereocenters. The Morgan fingerprint density at radius 1 is 1.30 bits per heavy atom. The van der Waals surface area contributed by atoms with Crippen LogP contribution in [0.3, 0.4) is 0 Å². The molecule has 2 aromatic rings. The van der Waals surface area contributed by atoms with Gasteiger partial charge in [0, 0.05) is 30.4 Å². The van der Waals surface area contributed by atoms with Crippen LogP contribution in [0.25, 0.3) is 0 Å². The van der Waals surface area contributed by atoms with E-state index in [1.54, 1.807) is 13.3 Å². The maximum atomic E-state index is 5.10. The number of nitrogens with zero attached hydrogens (tertiary/aromatic N) is 3. The first-order valence-corrected chi connectivity index (χ1v) is 7.72. The number of aromatic nitrogens is 3. The number of pyridine rings is 1. The van der Waals surface area contributed by atoms with Crippen LogP contribution in [0.1, 0.15) is 12.7 Å². The second-order valence-electron chi connectivity index (χ2n) is 3.89. The predicted octanol–water partition coefficient (Wildman–Crippen LogP) is 3.36. The summed E-state index contributed by atoms with van der Waals surface area (Å²) in [4.78, 5) is 13.2. The molecule has 0 bridgehead atoms. The van der Waals surface area contributed by atoms with Gasteiger partial charge in [-0.3, -0.25) is 0 Å². The minimum atomic E-state index is 0.389. The first-order chi connectivity index (χ1) is 9.71. The van der Waals surface area contributed by atoms with Crippen molar-refractivity contribution in [1.29, 1.82) is 0 Å². The molecule has 106 valence electrons. The second-order valence-corrected chi connectivity index (χ2v) is 5.84. The lowest BCUT2D eigenvalue weighted by atomic mass is 10.5. The number of rotatable bonds is 6. The van der Waals surface area contributed by atoms with E-state index >= 15 is 0 Å². The van der Waals surface area contributed by atoms with Crippen molar-refractivity contribution >= 4 is 33.5 Å². The molecule has 0 aliphatic rings. The summed E-state index contributed by atoms with van der Waals surface area (Å²) in [6, 6.07) is 5.81. The maximum absolute atomic E-state index is 5.10. The van der Waals surface area contributed by atoms with E-state index in [1.807, 2.05) is 25.1 Å². The first kappa shape index (κ1) is 15.2. The van der Waals surface area contributed by atoms with Crippen molar-refractivity contribution in [1.82, 2.24) is 15.0 Å². The van der Waals surface area contributed by atoms with Gasteiger partial charge in [-0.2, -0.15) is 0 Å². The van der Waals surface area contributed by atoms with Crippen LogP contribution in [0, 0.1) is 0 Å². The lowest BCUT2D eigenvalue weighted by Crippen LogP contribution is -2.05. The van der Waals surface area contributed by atoms with E-state index in [9.17, 15) is 0 Å². The molecule has 0 aromatic carbocycles. The zero-order valence-electron chi connectivity index (χ0n) is 11.3. The van der Waals surface area contributed by atoms with Gasteiger partial charge >= 0.3 is 0 Å². The Bertz CT molecular complexity index is 541. The van der Waals surface area contributed by atoms with E-state index < -0.39 is 0 Å². The van der Waals surface area contributed by atoms with Gasteiger partial charge in [-0.25, -0.2) is 15.0 Å². The number of hydrogen-bond acceptors (Lipinski definition) is 6. The molecular weight excluding hydrogens is 340 g/mol. The molecule has 2 rings (SSSR count). The van der Waals surface area contributed by atoms with Crippen LogP contribution < -0.4 is 5.32 Å². The van der Waals surface area contributed by atoms with Crippen molar-refractivity contribution in [2.75, 3.05) is 19.0 Å². The summed E-state index contributed by atoms with van der Waals surface area (Å²) in [5.41, 5.74) is 0. The molecule has 2 aromatic heterocycles. The Kier molecular flexibility index (Phi) is 5.75. The summed E-state index contributed by atoms with van der Waals surface area (Å²) >= 11 is 4.87. The van der Waals surface area contributed by atoms with Gasteiger partial charge in [0.2, 0.25) is 0 Å². The summed E-state index contributed by atoms with van der Waals surface area (Å²) in [5.74, 6) is 1.46. The van der Waals surface area contributed by atoms with E-state index in [1.165, 1.54) is 11.8 Å². The fraction of sp³-hybridized carbons (Fsp3) is 0.308. The topological polar surface area (TPSA) is 59.9 Å². The van der Waals surface area contributed by atoms with Crippen LogP contribution in [0.5, 0.6) is 0 Å². The molecule has 0 spiro atoms. The van der Waals surface area contributed by atoms with Crippen LogP contribution >= 0.6 is 27.7 Å². The van der Waals surface area contributed by atoms with Crippen molar-refractivity contribution in [3.63, 3.8) is 0 Å². The van der Waals surface area contributed by atoms with Gasteiger partial charge < -0.3 is 10.1 Å². The normalized spacial score (nSPS) is 10.6. The molecule has 0 atom stereocenters. The molecule has 0 saturated carbocycles. The zero-order valence-corrected chi connectivity index (χ0v) is 13.7. The fourth-order valence-electron chi connectivity index (χ4n) is 1.52. The smallest absolute Gasteiger partial charge is 0.157 e. The number of halogens is 1. The monoisotopic (exact) mass is 354 g/mol. The molecule has 0 aliphatic carbocycles. The number of ether oxygens (including phenoxy) is 1. The van der Waals surface area contributed by atoms with Crippen molar-refractivity contribution < 1.29 is 4.74 Å². The number of methoxy groups -OCH3 is 1. The lowest BCUT2D eigenvalue weighted by molar-refractivity contribution is 0.177. The molecule has 0 amide bonds. The zero-order chi connectivity index (χ0) is 14.4. The van der Waals surface area contributed by atoms with E-state index in [0.717, 1.165) is 26.9 Å². The van der Waals surface area contributed by atoms with E-state index in [4.69, 9.17) is 4.74 Å². The molecule has 5 nitrogen and oxygen atoms in total. The van der Waals surface area contributed by atoms with Crippen LogP contribution in [0.15, 0.2) is 38.9 Å². The average molecular weight is 355 g/mol. The van der Waals surface area contributed by atoms with Crippen molar-refractivity contribution in [3.8, 4) is 0 Å². The molecular formula is C13H15BrN4OS. The van der Waals surface area contributed by atoms with Gasteiger partial charge in [0.05, 0.1) is 0 Å². The van der Waals surface area contributed by atoms with E-state index in [0.29, 0.717) is 12.4 Å². The van der Waals surface area contributed by atoms with Crippen molar-refractivity contribution in [2.24, 2.45) is 0 Å². The Balaban J connectivity index is 2.22. The summed E-state index contributed by atoms with van der Waals surface area (Å²) < 4.78 is 6.05. The van der Waals surface area contributed by atoms with E-state index in [2.05, 4.69) is 36.2 Å². The Hall–Kier alpha value is -1.18. The highest BCUT2D eigenvalue weighted by molar-refractivity contribution is 9.10. The summed E-state index contributed by atoms with van der Waals surface area (Å²) in [6.07, 6.45) is 1.77. The van der Waals surface area contributed by atoms with Gasteiger partial charge in [0.15, 0.2) is 5.82 Å². The van der Waals surface area contributed by atoms with Crippen LogP contribution in [-0.2, 0) is 11.3 Å². The average Bonchev–Trinajstić information content (AvgIpc) is 2.42. The van der Waals surface area contributed by atoms with Gasteiger partial charge in [0.25, 0.3) is 0 Å². The van der Waals surface area contributed by atoms with Crippen molar-refractivity contribution in [3.05, 3.63) is 34.7 Å². The molecule has 0 aliphatic heterocycles. The molecule has 0 fully saturated rings. The molecule has 2 heterocycles. The quantitative estimate of drug-likeness (QED) is 0.802. The van der Waals surface area contributed by atoms with Crippen molar-refractivity contribution in [2.45, 2.75) is 23.6 Å². The Morgan fingerprint density at radius 3 is 2.80 bits per heavy atom. The van der Waals surface area contributed by atoms with Gasteiger partial charge in [-0.05, 0) is 46.7 Å². The number of hydrogen-bond donors (Lipinski definition) is 1. The van der Waals surface area contributed by atoms with Gasteiger partial charge in [-0.1, -0.05) is 0 Å². The van der Waals surface area contributed by atoms with Crippen LogP contribution in [-0.4, -0.2) is 28.6 Å². The third-order valence-corrected chi connectivity index (χ3v) is 3.63. The number of anilines is 1. The molecule has 1 N–H and O–H groups in total. The summed E-state index contributed by atoms with van der Waals surface area (Å²) in [6.45, 7) is 3.23. The fourth-order valence-corrected chi connectivity index (χ4v) is 2.53. The first-order valence-electron chi connectivity index (χ1n) is 6.11. The SMILES string of the molecule is CCNc1cc(Sc2ccc(Br)cn2)nc(COC)n1. The summed E-state index contributed by atoms with van der Waals surface area (Å²) in [5, 5.41) is 4.93. The minimum Gasteiger partial charge on any atom is -0.377 e. The lowest BCUT2D eigenvalue weighted by Gasteiger charge is -2.08. The second kappa shape index (κ2) is 7.56. The predicted molar refractivity (Wildman–Crippen MR) is 83.0 cm³/mol. The third kappa shape index (κ3) is 4.43. The molecule has 7 heteroatoms. The van der Waals surface area contributed by atoms with Gasteiger partial charge in [0.1, 0.15) is 22.5 Å².